The second-order valence-corrected chi connectivity index (χ2v) is 3.94. The van der Waals surface area contributed by atoms with Crippen molar-refractivity contribution >= 4 is 5.78 Å². The molecule has 2 aromatic rings. The summed E-state index contributed by atoms with van der Waals surface area (Å²) in [6, 6.07) is 16.7. The number of benzene rings is 2. The molecule has 0 bridgehead atoms. The van der Waals surface area contributed by atoms with E-state index in [0.717, 1.165) is 16.7 Å². The molecule has 0 aliphatic rings. The number of aliphatic hydroxyl groups excluding tert-OH is 1. The predicted molar refractivity (Wildman–Crippen MR) is 66.8 cm³/mol. The zero-order valence-corrected chi connectivity index (χ0v) is 9.47. The lowest BCUT2D eigenvalue weighted by molar-refractivity contribution is 0.0993. The number of aliphatic hydroxyl groups is 1. The van der Waals surface area contributed by atoms with Crippen molar-refractivity contribution in [3.8, 4) is 0 Å². The molecule has 1 N–H and O–H groups in total. The first kappa shape index (κ1) is 11.6. The molecule has 86 valence electrons. The van der Waals surface area contributed by atoms with Gasteiger partial charge >= 0.3 is 0 Å². The van der Waals surface area contributed by atoms with E-state index in [1.807, 2.05) is 54.6 Å². The Bertz CT molecular complexity index is 486. The lowest BCUT2D eigenvalue weighted by atomic mass is 10.0. The van der Waals surface area contributed by atoms with E-state index >= 15 is 0 Å². The molecule has 0 aromatic heterocycles. The number of carbonyl (C=O) groups excluding carboxylic acids is 1. The van der Waals surface area contributed by atoms with Crippen LogP contribution in [-0.2, 0) is 13.0 Å². The fourth-order valence-electron chi connectivity index (χ4n) is 1.67. The second kappa shape index (κ2) is 5.41. The summed E-state index contributed by atoms with van der Waals surface area (Å²) in [5.74, 6) is 0.113. The SMILES string of the molecule is O=C(Cc1ccc(CO)cc1)c1ccccc1. The van der Waals surface area contributed by atoms with Gasteiger partial charge in [0.15, 0.2) is 5.78 Å². The van der Waals surface area contributed by atoms with Crippen molar-refractivity contribution in [1.29, 1.82) is 0 Å². The molecule has 0 aliphatic carbocycles. The smallest absolute Gasteiger partial charge is 0.167 e. The summed E-state index contributed by atoms with van der Waals surface area (Å²) in [6.45, 7) is 0.0346. The average molecular weight is 226 g/mol. The summed E-state index contributed by atoms with van der Waals surface area (Å²) in [5, 5.41) is 8.92. The molecule has 0 amide bonds. The third kappa shape index (κ3) is 3.02. The highest BCUT2D eigenvalue weighted by atomic mass is 16.3. The maximum absolute atomic E-state index is 11.9. The fourth-order valence-corrected chi connectivity index (χ4v) is 1.67. The molecule has 0 saturated heterocycles. The normalized spacial score (nSPS) is 10.2. The lowest BCUT2D eigenvalue weighted by Crippen LogP contribution is -2.03. The van der Waals surface area contributed by atoms with E-state index in [4.69, 9.17) is 5.11 Å². The summed E-state index contributed by atoms with van der Waals surface area (Å²) in [7, 11) is 0. The Morgan fingerprint density at radius 1 is 0.882 bits per heavy atom. The molecule has 2 heteroatoms. The van der Waals surface area contributed by atoms with Crippen LogP contribution in [0.15, 0.2) is 54.6 Å². The molecule has 2 nitrogen and oxygen atoms in total. The quantitative estimate of drug-likeness (QED) is 0.814. The van der Waals surface area contributed by atoms with Crippen molar-refractivity contribution in [2.24, 2.45) is 0 Å². The molecule has 17 heavy (non-hydrogen) atoms. The maximum atomic E-state index is 11.9. The molecule has 0 aliphatic heterocycles. The lowest BCUT2D eigenvalue weighted by Gasteiger charge is -2.02. The summed E-state index contributed by atoms with van der Waals surface area (Å²) in [6.07, 6.45) is 0.399. The number of hydrogen-bond donors (Lipinski definition) is 1. The van der Waals surface area contributed by atoms with Crippen molar-refractivity contribution in [3.05, 3.63) is 71.3 Å². The largest absolute Gasteiger partial charge is 0.392 e. The van der Waals surface area contributed by atoms with Gasteiger partial charge in [-0.15, -0.1) is 0 Å². The van der Waals surface area contributed by atoms with Crippen LogP contribution in [0.3, 0.4) is 0 Å². The van der Waals surface area contributed by atoms with Gasteiger partial charge in [0.2, 0.25) is 0 Å². The van der Waals surface area contributed by atoms with Crippen LogP contribution in [0.5, 0.6) is 0 Å². The van der Waals surface area contributed by atoms with Gasteiger partial charge in [0.1, 0.15) is 0 Å². The molecule has 0 radical (unpaired) electrons. The van der Waals surface area contributed by atoms with Gasteiger partial charge in [-0.1, -0.05) is 54.6 Å². The Kier molecular flexibility index (Phi) is 3.68. The van der Waals surface area contributed by atoms with E-state index in [2.05, 4.69) is 0 Å². The molecule has 0 heterocycles. The maximum Gasteiger partial charge on any atom is 0.167 e. The Morgan fingerprint density at radius 3 is 2.06 bits per heavy atom. The summed E-state index contributed by atoms with van der Waals surface area (Å²) < 4.78 is 0. The van der Waals surface area contributed by atoms with Gasteiger partial charge in [-0.25, -0.2) is 0 Å². The van der Waals surface area contributed by atoms with Gasteiger partial charge in [-0.2, -0.15) is 0 Å². The highest BCUT2D eigenvalue weighted by molar-refractivity contribution is 5.97. The van der Waals surface area contributed by atoms with E-state index in [1.54, 1.807) is 0 Å². The molecule has 0 saturated carbocycles. The van der Waals surface area contributed by atoms with Gasteiger partial charge in [0.05, 0.1) is 6.61 Å². The highest BCUT2D eigenvalue weighted by Gasteiger charge is 2.05. The van der Waals surface area contributed by atoms with Crippen molar-refractivity contribution < 1.29 is 9.90 Å². The molecule has 2 aromatic carbocycles. The van der Waals surface area contributed by atoms with Crippen LogP contribution < -0.4 is 0 Å². The Balaban J connectivity index is 2.08. The number of ketones is 1. The van der Waals surface area contributed by atoms with Gasteiger partial charge in [0, 0.05) is 12.0 Å². The van der Waals surface area contributed by atoms with Crippen LogP contribution in [0.2, 0.25) is 0 Å². The topological polar surface area (TPSA) is 37.3 Å². The number of carbonyl (C=O) groups is 1. The van der Waals surface area contributed by atoms with Crippen molar-refractivity contribution in [1.82, 2.24) is 0 Å². The molecule has 0 spiro atoms. The highest BCUT2D eigenvalue weighted by Crippen LogP contribution is 2.09. The van der Waals surface area contributed by atoms with E-state index in [1.165, 1.54) is 0 Å². The van der Waals surface area contributed by atoms with E-state index < -0.39 is 0 Å². The van der Waals surface area contributed by atoms with Crippen molar-refractivity contribution in [3.63, 3.8) is 0 Å². The standard InChI is InChI=1S/C15H14O2/c16-11-13-8-6-12(7-9-13)10-15(17)14-4-2-1-3-5-14/h1-9,16H,10-11H2. The molecule has 0 unspecified atom stereocenters. The Hall–Kier alpha value is -1.93. The summed E-state index contributed by atoms with van der Waals surface area (Å²) in [5.41, 5.74) is 2.57. The van der Waals surface area contributed by atoms with E-state index in [9.17, 15) is 4.79 Å². The monoisotopic (exact) mass is 226 g/mol. The van der Waals surface area contributed by atoms with Crippen LogP contribution in [0.25, 0.3) is 0 Å². The van der Waals surface area contributed by atoms with Gasteiger partial charge in [-0.3, -0.25) is 4.79 Å². The van der Waals surface area contributed by atoms with Crippen molar-refractivity contribution in [2.75, 3.05) is 0 Å². The third-order valence-corrected chi connectivity index (χ3v) is 2.67. The van der Waals surface area contributed by atoms with Crippen LogP contribution in [-0.4, -0.2) is 10.9 Å². The molecule has 2 rings (SSSR count). The van der Waals surface area contributed by atoms with Gasteiger partial charge < -0.3 is 5.11 Å². The zero-order valence-electron chi connectivity index (χ0n) is 9.47. The molecular weight excluding hydrogens is 212 g/mol. The van der Waals surface area contributed by atoms with E-state index in [0.29, 0.717) is 6.42 Å². The minimum absolute atomic E-state index is 0.0346. The van der Waals surface area contributed by atoms with E-state index in [-0.39, 0.29) is 12.4 Å². The third-order valence-electron chi connectivity index (χ3n) is 2.67. The minimum Gasteiger partial charge on any atom is -0.392 e. The van der Waals surface area contributed by atoms with Crippen LogP contribution in [0, 0.1) is 0 Å². The number of hydrogen-bond acceptors (Lipinski definition) is 2. The fraction of sp³-hybridized carbons (Fsp3) is 0.133. The summed E-state index contributed by atoms with van der Waals surface area (Å²) >= 11 is 0. The minimum atomic E-state index is 0.0346. The number of rotatable bonds is 4. The zero-order chi connectivity index (χ0) is 12.1. The molecule has 0 atom stereocenters. The van der Waals surface area contributed by atoms with Gasteiger partial charge in [-0.05, 0) is 11.1 Å². The number of Topliss-reactive ketones (excluding diaryl/α,β-unsaturated/α-hetero) is 1. The van der Waals surface area contributed by atoms with Crippen LogP contribution in [0.4, 0.5) is 0 Å². The average Bonchev–Trinajstić information content (AvgIpc) is 2.40. The van der Waals surface area contributed by atoms with Crippen molar-refractivity contribution in [2.45, 2.75) is 13.0 Å². The first-order chi connectivity index (χ1) is 8.29. The first-order valence-corrected chi connectivity index (χ1v) is 5.56. The Morgan fingerprint density at radius 2 is 1.47 bits per heavy atom. The predicted octanol–water partition coefficient (Wildman–Crippen LogP) is 2.60. The molecule has 0 fully saturated rings. The van der Waals surface area contributed by atoms with Crippen LogP contribution >= 0.6 is 0 Å². The second-order valence-electron chi connectivity index (χ2n) is 3.94. The van der Waals surface area contributed by atoms with Gasteiger partial charge in [0.25, 0.3) is 0 Å². The summed E-state index contributed by atoms with van der Waals surface area (Å²) in [4.78, 5) is 11.9. The Labute approximate surface area is 101 Å². The first-order valence-electron chi connectivity index (χ1n) is 5.56. The molecular formula is C15H14O2. The van der Waals surface area contributed by atoms with Crippen LogP contribution in [0.1, 0.15) is 21.5 Å².